The van der Waals surface area contributed by atoms with Gasteiger partial charge in [-0.1, -0.05) is 47.1 Å². The number of nitrogens with one attached hydrogen (secondary N) is 1. The van der Waals surface area contributed by atoms with E-state index in [4.69, 9.17) is 4.84 Å². The molecular weight excluding hydrogens is 338 g/mol. The third-order valence-electron chi connectivity index (χ3n) is 5.46. The summed E-state index contributed by atoms with van der Waals surface area (Å²) in [5.41, 5.74) is 5.07. The highest BCUT2D eigenvalue weighted by Gasteiger charge is 2.43. The number of urea groups is 1. The fourth-order valence-electron chi connectivity index (χ4n) is 3.73. The summed E-state index contributed by atoms with van der Waals surface area (Å²) < 4.78 is 0. The van der Waals surface area contributed by atoms with Crippen LogP contribution >= 0.6 is 0 Å². The lowest BCUT2D eigenvalue weighted by Gasteiger charge is -2.37. The maximum Gasteiger partial charge on any atom is 0.321 e. The Labute approximate surface area is 160 Å². The standard InChI is InChI=1S/C22H25N3O2/c1-16-6-8-18(9-7-16)20-15-22(27-24-20)10-12-25(13-11-22)21(26)23-19-5-3-4-17(2)14-19/h3-9,14H,10-13,15H2,1-2H3,(H,23,26). The summed E-state index contributed by atoms with van der Waals surface area (Å²) in [5, 5.41) is 7.35. The zero-order chi connectivity index (χ0) is 18.9. The van der Waals surface area contributed by atoms with E-state index < -0.39 is 0 Å². The van der Waals surface area contributed by atoms with Crippen LogP contribution in [-0.2, 0) is 4.84 Å². The van der Waals surface area contributed by atoms with Gasteiger partial charge in [-0.3, -0.25) is 0 Å². The number of rotatable bonds is 2. The van der Waals surface area contributed by atoms with Crippen LogP contribution in [0.15, 0.2) is 53.7 Å². The first kappa shape index (κ1) is 17.6. The van der Waals surface area contributed by atoms with Crippen LogP contribution in [0.5, 0.6) is 0 Å². The molecule has 140 valence electrons. The van der Waals surface area contributed by atoms with E-state index in [2.05, 4.69) is 41.7 Å². The van der Waals surface area contributed by atoms with Gasteiger partial charge in [-0.2, -0.15) is 0 Å². The lowest BCUT2D eigenvalue weighted by Crippen LogP contribution is -2.48. The maximum atomic E-state index is 12.5. The Morgan fingerprint density at radius 3 is 2.52 bits per heavy atom. The van der Waals surface area contributed by atoms with Crippen LogP contribution in [0.4, 0.5) is 10.5 Å². The number of benzene rings is 2. The van der Waals surface area contributed by atoms with Crippen LogP contribution in [-0.4, -0.2) is 35.3 Å². The zero-order valence-electron chi connectivity index (χ0n) is 15.9. The Bertz CT molecular complexity index is 865. The minimum atomic E-state index is -0.264. The monoisotopic (exact) mass is 363 g/mol. The number of piperidine rings is 1. The topological polar surface area (TPSA) is 53.9 Å². The van der Waals surface area contributed by atoms with Gasteiger partial charge in [0.15, 0.2) is 0 Å². The highest BCUT2D eigenvalue weighted by molar-refractivity contribution is 6.01. The first-order valence-electron chi connectivity index (χ1n) is 9.48. The van der Waals surface area contributed by atoms with E-state index in [-0.39, 0.29) is 11.6 Å². The smallest absolute Gasteiger partial charge is 0.321 e. The summed E-state index contributed by atoms with van der Waals surface area (Å²) >= 11 is 0. The molecule has 2 aromatic rings. The third-order valence-corrected chi connectivity index (χ3v) is 5.46. The summed E-state index contributed by atoms with van der Waals surface area (Å²) in [4.78, 5) is 20.3. The number of hydrogen-bond donors (Lipinski definition) is 1. The molecule has 0 unspecified atom stereocenters. The van der Waals surface area contributed by atoms with Gasteiger partial charge in [0.1, 0.15) is 5.60 Å². The molecule has 0 radical (unpaired) electrons. The maximum absolute atomic E-state index is 12.5. The van der Waals surface area contributed by atoms with Crippen molar-refractivity contribution in [1.82, 2.24) is 4.90 Å². The average Bonchev–Trinajstić information content (AvgIpc) is 3.06. The van der Waals surface area contributed by atoms with Gasteiger partial charge in [-0.05, 0) is 37.1 Å². The molecule has 0 bridgehead atoms. The number of carbonyl (C=O) groups excluding carboxylic acids is 1. The Balaban J connectivity index is 1.34. The Morgan fingerprint density at radius 1 is 1.07 bits per heavy atom. The van der Waals surface area contributed by atoms with Crippen molar-refractivity contribution in [2.24, 2.45) is 5.16 Å². The summed E-state index contributed by atoms with van der Waals surface area (Å²) in [7, 11) is 0. The molecule has 5 nitrogen and oxygen atoms in total. The fourth-order valence-corrected chi connectivity index (χ4v) is 3.73. The molecule has 1 N–H and O–H groups in total. The molecule has 0 saturated carbocycles. The summed E-state index contributed by atoms with van der Waals surface area (Å²) in [5.74, 6) is 0. The van der Waals surface area contributed by atoms with Gasteiger partial charge in [0.05, 0.1) is 5.71 Å². The quantitative estimate of drug-likeness (QED) is 0.854. The van der Waals surface area contributed by atoms with Gasteiger partial charge in [0.2, 0.25) is 0 Å². The number of amides is 2. The molecular formula is C22H25N3O2. The Morgan fingerprint density at radius 2 is 1.81 bits per heavy atom. The van der Waals surface area contributed by atoms with Crippen molar-refractivity contribution in [3.63, 3.8) is 0 Å². The van der Waals surface area contributed by atoms with Crippen molar-refractivity contribution >= 4 is 17.4 Å². The van der Waals surface area contributed by atoms with Gasteiger partial charge in [0, 0.05) is 38.0 Å². The van der Waals surface area contributed by atoms with Crippen LogP contribution in [0, 0.1) is 13.8 Å². The van der Waals surface area contributed by atoms with Crippen molar-refractivity contribution in [3.05, 3.63) is 65.2 Å². The van der Waals surface area contributed by atoms with Crippen LogP contribution in [0.25, 0.3) is 0 Å². The lowest BCUT2D eigenvalue weighted by molar-refractivity contribution is -0.0544. The molecule has 0 aliphatic carbocycles. The van der Waals surface area contributed by atoms with Crippen LogP contribution in [0.3, 0.4) is 0 Å². The highest BCUT2D eigenvalue weighted by Crippen LogP contribution is 2.36. The molecule has 1 fully saturated rings. The second kappa shape index (κ2) is 7.06. The summed E-state index contributed by atoms with van der Waals surface area (Å²) in [6.07, 6.45) is 2.41. The molecule has 4 rings (SSSR count). The Hall–Kier alpha value is -2.82. The number of aryl methyl sites for hydroxylation is 2. The normalized spacial score (nSPS) is 18.1. The molecule has 2 amide bonds. The number of anilines is 1. The Kier molecular flexibility index (Phi) is 4.60. The number of hydrogen-bond acceptors (Lipinski definition) is 3. The zero-order valence-corrected chi connectivity index (χ0v) is 15.9. The second-order valence-corrected chi connectivity index (χ2v) is 7.64. The van der Waals surface area contributed by atoms with Gasteiger partial charge in [0.25, 0.3) is 0 Å². The predicted octanol–water partition coefficient (Wildman–Crippen LogP) is 4.49. The number of likely N-dealkylation sites (tertiary alicyclic amines) is 1. The second-order valence-electron chi connectivity index (χ2n) is 7.64. The van der Waals surface area contributed by atoms with Crippen molar-refractivity contribution in [2.75, 3.05) is 18.4 Å². The van der Waals surface area contributed by atoms with E-state index in [1.54, 1.807) is 0 Å². The number of carbonyl (C=O) groups is 1. The largest absolute Gasteiger partial charge is 0.388 e. The lowest BCUT2D eigenvalue weighted by atomic mass is 9.85. The third kappa shape index (κ3) is 3.82. The molecule has 2 heterocycles. The predicted molar refractivity (Wildman–Crippen MR) is 107 cm³/mol. The molecule has 2 aromatic carbocycles. The van der Waals surface area contributed by atoms with E-state index >= 15 is 0 Å². The van der Waals surface area contributed by atoms with E-state index in [0.29, 0.717) is 13.1 Å². The highest BCUT2D eigenvalue weighted by atomic mass is 16.7. The SMILES string of the molecule is Cc1ccc(C2=NOC3(CCN(C(=O)Nc4cccc(C)c4)CC3)C2)cc1. The van der Waals surface area contributed by atoms with E-state index in [9.17, 15) is 4.79 Å². The molecule has 2 aliphatic rings. The minimum absolute atomic E-state index is 0.0480. The van der Waals surface area contributed by atoms with Gasteiger partial charge in [-0.25, -0.2) is 4.79 Å². The van der Waals surface area contributed by atoms with Crippen molar-refractivity contribution < 1.29 is 9.63 Å². The molecule has 1 spiro atoms. The average molecular weight is 363 g/mol. The summed E-state index contributed by atoms with van der Waals surface area (Å²) in [6, 6.07) is 16.2. The number of nitrogens with zero attached hydrogens (tertiary/aromatic N) is 2. The molecule has 0 aromatic heterocycles. The van der Waals surface area contributed by atoms with E-state index in [0.717, 1.165) is 41.8 Å². The van der Waals surface area contributed by atoms with Crippen LogP contribution in [0.2, 0.25) is 0 Å². The molecule has 5 heteroatoms. The van der Waals surface area contributed by atoms with Crippen molar-refractivity contribution in [2.45, 2.75) is 38.7 Å². The molecule has 2 aliphatic heterocycles. The van der Waals surface area contributed by atoms with Crippen LogP contribution in [0.1, 0.15) is 36.0 Å². The molecule has 1 saturated heterocycles. The molecule has 27 heavy (non-hydrogen) atoms. The number of oxime groups is 1. The first-order valence-corrected chi connectivity index (χ1v) is 9.48. The van der Waals surface area contributed by atoms with Crippen molar-refractivity contribution in [1.29, 1.82) is 0 Å². The van der Waals surface area contributed by atoms with Gasteiger partial charge < -0.3 is 15.1 Å². The molecule has 0 atom stereocenters. The first-order chi connectivity index (χ1) is 13.0. The minimum Gasteiger partial charge on any atom is -0.388 e. The van der Waals surface area contributed by atoms with Gasteiger partial charge in [-0.15, -0.1) is 0 Å². The van der Waals surface area contributed by atoms with Crippen LogP contribution < -0.4 is 5.32 Å². The van der Waals surface area contributed by atoms with E-state index in [1.807, 2.05) is 36.1 Å². The fraction of sp³-hybridized carbons (Fsp3) is 0.364. The van der Waals surface area contributed by atoms with Gasteiger partial charge >= 0.3 is 6.03 Å². The van der Waals surface area contributed by atoms with E-state index in [1.165, 1.54) is 5.56 Å². The summed E-state index contributed by atoms with van der Waals surface area (Å²) in [6.45, 7) is 5.45. The van der Waals surface area contributed by atoms with Crippen molar-refractivity contribution in [3.8, 4) is 0 Å².